The Balaban J connectivity index is 2.66. The number of aromatic nitrogens is 1. The van der Waals surface area contributed by atoms with Crippen LogP contribution < -0.4 is 11.1 Å². The highest BCUT2D eigenvalue weighted by Crippen LogP contribution is 2.16. The van der Waals surface area contributed by atoms with E-state index in [9.17, 15) is 4.79 Å². The maximum atomic E-state index is 11.5. The van der Waals surface area contributed by atoms with Crippen molar-refractivity contribution in [3.8, 4) is 0 Å². The Morgan fingerprint density at radius 1 is 1.56 bits per heavy atom. The van der Waals surface area contributed by atoms with Gasteiger partial charge in [-0.05, 0) is 19.9 Å². The van der Waals surface area contributed by atoms with E-state index in [0.29, 0.717) is 30.2 Å². The van der Waals surface area contributed by atoms with E-state index < -0.39 is 5.97 Å². The van der Waals surface area contributed by atoms with Crippen LogP contribution in [0.4, 0.5) is 11.5 Å². The van der Waals surface area contributed by atoms with Crippen LogP contribution in [0.5, 0.6) is 0 Å². The van der Waals surface area contributed by atoms with Crippen molar-refractivity contribution in [3.63, 3.8) is 0 Å². The van der Waals surface area contributed by atoms with Gasteiger partial charge in [-0.2, -0.15) is 0 Å². The van der Waals surface area contributed by atoms with Crippen LogP contribution in [0.2, 0.25) is 0 Å². The summed E-state index contributed by atoms with van der Waals surface area (Å²) in [4.78, 5) is 15.6. The molecule has 0 amide bonds. The number of esters is 1. The second-order valence-corrected chi connectivity index (χ2v) is 4.00. The number of pyridine rings is 1. The van der Waals surface area contributed by atoms with Gasteiger partial charge in [-0.1, -0.05) is 0 Å². The molecule has 0 unspecified atom stereocenters. The summed E-state index contributed by atoms with van der Waals surface area (Å²) in [6.45, 7) is 5.01. The highest BCUT2D eigenvalue weighted by atomic mass is 16.5. The number of rotatable bonds is 6. The third-order valence-electron chi connectivity index (χ3n) is 2.16. The smallest absolute Gasteiger partial charge is 0.341 e. The molecular weight excluding hydrogens is 234 g/mol. The fourth-order valence-corrected chi connectivity index (χ4v) is 1.35. The van der Waals surface area contributed by atoms with Gasteiger partial charge in [0.2, 0.25) is 0 Å². The Bertz CT molecular complexity index is 408. The minimum Gasteiger partial charge on any atom is -0.465 e. The zero-order valence-corrected chi connectivity index (χ0v) is 10.9. The van der Waals surface area contributed by atoms with Gasteiger partial charge in [0.05, 0.1) is 31.7 Å². The summed E-state index contributed by atoms with van der Waals surface area (Å²) < 4.78 is 10.1. The van der Waals surface area contributed by atoms with E-state index in [1.807, 2.05) is 13.8 Å². The fourth-order valence-electron chi connectivity index (χ4n) is 1.35. The number of carbonyl (C=O) groups is 1. The van der Waals surface area contributed by atoms with Crippen LogP contribution in [0.15, 0.2) is 12.3 Å². The van der Waals surface area contributed by atoms with E-state index in [1.165, 1.54) is 19.4 Å². The highest BCUT2D eigenvalue weighted by molar-refractivity contribution is 5.95. The Kier molecular flexibility index (Phi) is 5.38. The molecule has 18 heavy (non-hydrogen) atoms. The van der Waals surface area contributed by atoms with E-state index in [4.69, 9.17) is 10.5 Å². The van der Waals surface area contributed by atoms with Crippen molar-refractivity contribution in [2.45, 2.75) is 20.0 Å². The van der Waals surface area contributed by atoms with Crippen LogP contribution in [0.3, 0.4) is 0 Å². The van der Waals surface area contributed by atoms with Gasteiger partial charge in [0, 0.05) is 6.54 Å². The normalized spacial score (nSPS) is 10.4. The molecule has 0 bridgehead atoms. The van der Waals surface area contributed by atoms with Gasteiger partial charge >= 0.3 is 5.97 Å². The molecule has 100 valence electrons. The Labute approximate surface area is 106 Å². The van der Waals surface area contributed by atoms with E-state index in [-0.39, 0.29) is 6.10 Å². The van der Waals surface area contributed by atoms with Gasteiger partial charge < -0.3 is 20.5 Å². The zero-order valence-electron chi connectivity index (χ0n) is 10.9. The first-order valence-electron chi connectivity index (χ1n) is 5.74. The van der Waals surface area contributed by atoms with Crippen molar-refractivity contribution in [2.75, 3.05) is 31.3 Å². The third kappa shape index (κ3) is 4.21. The molecule has 0 saturated heterocycles. The second kappa shape index (κ2) is 6.80. The van der Waals surface area contributed by atoms with E-state index in [0.717, 1.165) is 0 Å². The lowest BCUT2D eigenvalue weighted by Crippen LogP contribution is -2.16. The number of methoxy groups -OCH3 is 1. The summed E-state index contributed by atoms with van der Waals surface area (Å²) in [5.74, 6) is -0.0227. The van der Waals surface area contributed by atoms with Crippen LogP contribution >= 0.6 is 0 Å². The Hall–Kier alpha value is -1.82. The number of carbonyl (C=O) groups excluding carboxylic acids is 1. The minimum atomic E-state index is -0.470. The third-order valence-corrected chi connectivity index (χ3v) is 2.16. The van der Waals surface area contributed by atoms with E-state index in [2.05, 4.69) is 15.0 Å². The van der Waals surface area contributed by atoms with Crippen molar-refractivity contribution in [1.82, 2.24) is 4.98 Å². The monoisotopic (exact) mass is 253 g/mol. The average molecular weight is 253 g/mol. The Morgan fingerprint density at radius 2 is 2.28 bits per heavy atom. The number of nitrogen functional groups attached to an aromatic ring is 1. The lowest BCUT2D eigenvalue weighted by molar-refractivity contribution is 0.0601. The van der Waals surface area contributed by atoms with E-state index >= 15 is 0 Å². The fraction of sp³-hybridized carbons (Fsp3) is 0.500. The highest BCUT2D eigenvalue weighted by Gasteiger charge is 2.13. The number of nitrogens with one attached hydrogen (secondary N) is 1. The van der Waals surface area contributed by atoms with Crippen LogP contribution in [0.25, 0.3) is 0 Å². The number of hydrogen-bond donors (Lipinski definition) is 2. The number of hydrogen-bond acceptors (Lipinski definition) is 6. The number of anilines is 2. The molecule has 1 aromatic heterocycles. The first-order valence-corrected chi connectivity index (χ1v) is 5.74. The maximum Gasteiger partial charge on any atom is 0.341 e. The average Bonchev–Trinajstić information content (AvgIpc) is 2.34. The summed E-state index contributed by atoms with van der Waals surface area (Å²) >= 11 is 0. The van der Waals surface area contributed by atoms with Crippen molar-refractivity contribution in [3.05, 3.63) is 17.8 Å². The maximum absolute atomic E-state index is 11.5. The molecule has 0 aliphatic rings. The summed E-state index contributed by atoms with van der Waals surface area (Å²) in [5, 5.41) is 3.02. The molecule has 3 N–H and O–H groups in total. The van der Waals surface area contributed by atoms with E-state index in [1.54, 1.807) is 0 Å². The number of ether oxygens (including phenoxy) is 2. The molecule has 0 saturated carbocycles. The molecule has 0 spiro atoms. The zero-order chi connectivity index (χ0) is 13.5. The molecule has 6 nitrogen and oxygen atoms in total. The largest absolute Gasteiger partial charge is 0.465 e. The predicted octanol–water partition coefficient (Wildman–Crippen LogP) is 1.29. The lowest BCUT2D eigenvalue weighted by atomic mass is 10.2. The SMILES string of the molecule is COC(=O)c1cc(N)cnc1NCCOC(C)C. The quantitative estimate of drug-likeness (QED) is 0.587. The molecule has 1 aromatic rings. The lowest BCUT2D eigenvalue weighted by Gasteiger charge is -2.11. The van der Waals surface area contributed by atoms with Crippen LogP contribution in [0.1, 0.15) is 24.2 Å². The molecule has 0 atom stereocenters. The first kappa shape index (κ1) is 14.2. The first-order chi connectivity index (χ1) is 8.54. The minimum absolute atomic E-state index is 0.172. The molecule has 0 fully saturated rings. The molecule has 0 aromatic carbocycles. The van der Waals surface area contributed by atoms with Gasteiger partial charge in [-0.15, -0.1) is 0 Å². The van der Waals surface area contributed by atoms with Crippen molar-refractivity contribution >= 4 is 17.5 Å². The summed E-state index contributed by atoms with van der Waals surface area (Å²) in [5.41, 5.74) is 6.33. The number of nitrogens with two attached hydrogens (primary N) is 1. The summed E-state index contributed by atoms with van der Waals surface area (Å²) in [7, 11) is 1.32. The van der Waals surface area contributed by atoms with Crippen LogP contribution in [-0.2, 0) is 9.47 Å². The van der Waals surface area contributed by atoms with Gasteiger partial charge in [0.1, 0.15) is 11.4 Å². The number of nitrogens with zero attached hydrogens (tertiary/aromatic N) is 1. The van der Waals surface area contributed by atoms with Gasteiger partial charge in [0.25, 0.3) is 0 Å². The van der Waals surface area contributed by atoms with Crippen molar-refractivity contribution in [2.24, 2.45) is 0 Å². The van der Waals surface area contributed by atoms with Gasteiger partial charge in [-0.25, -0.2) is 9.78 Å². The molecule has 0 aliphatic heterocycles. The molecular formula is C12H19N3O3. The summed E-state index contributed by atoms with van der Waals surface area (Å²) in [6.07, 6.45) is 1.66. The summed E-state index contributed by atoms with van der Waals surface area (Å²) in [6, 6.07) is 1.53. The molecule has 1 heterocycles. The molecule has 0 aliphatic carbocycles. The van der Waals surface area contributed by atoms with Gasteiger partial charge in [-0.3, -0.25) is 0 Å². The topological polar surface area (TPSA) is 86.5 Å². The van der Waals surface area contributed by atoms with Crippen molar-refractivity contribution in [1.29, 1.82) is 0 Å². The molecule has 6 heteroatoms. The standard InChI is InChI=1S/C12H19N3O3/c1-8(2)18-5-4-14-11-10(12(16)17-3)6-9(13)7-15-11/h6-8H,4-5,13H2,1-3H3,(H,14,15). The Morgan fingerprint density at radius 3 is 2.89 bits per heavy atom. The predicted molar refractivity (Wildman–Crippen MR) is 69.6 cm³/mol. The second-order valence-electron chi connectivity index (χ2n) is 4.00. The molecule has 0 radical (unpaired) electrons. The molecule has 1 rings (SSSR count). The van der Waals surface area contributed by atoms with Crippen molar-refractivity contribution < 1.29 is 14.3 Å². The van der Waals surface area contributed by atoms with Crippen LogP contribution in [0, 0.1) is 0 Å². The van der Waals surface area contributed by atoms with Gasteiger partial charge in [0.15, 0.2) is 0 Å². The van der Waals surface area contributed by atoms with Crippen LogP contribution in [-0.4, -0.2) is 37.3 Å².